The number of hydrogen-bond acceptors (Lipinski definition) is 5. The van der Waals surface area contributed by atoms with Gasteiger partial charge in [-0.15, -0.1) is 0 Å². The van der Waals surface area contributed by atoms with E-state index in [0.717, 1.165) is 51.7 Å². The smallest absolute Gasteiger partial charge is 0.117 e. The Hall–Kier alpha value is -1.85. The first-order valence-electron chi connectivity index (χ1n) is 8.81. The summed E-state index contributed by atoms with van der Waals surface area (Å²) < 4.78 is 11.5. The van der Waals surface area contributed by atoms with Crippen LogP contribution in [0.1, 0.15) is 18.6 Å². The summed E-state index contributed by atoms with van der Waals surface area (Å²) in [6, 6.07) is 8.19. The number of furan rings is 1. The Morgan fingerprint density at radius 2 is 2.04 bits per heavy atom. The lowest BCUT2D eigenvalue weighted by atomic mass is 9.78. The molecule has 5 heteroatoms. The van der Waals surface area contributed by atoms with Gasteiger partial charge in [-0.25, -0.2) is 0 Å². The van der Waals surface area contributed by atoms with Crippen LogP contribution in [-0.2, 0) is 11.3 Å². The highest BCUT2D eigenvalue weighted by atomic mass is 16.5. The van der Waals surface area contributed by atoms with E-state index in [0.29, 0.717) is 0 Å². The van der Waals surface area contributed by atoms with Crippen molar-refractivity contribution >= 4 is 5.69 Å². The molecular formula is C19H25N3O2. The van der Waals surface area contributed by atoms with Gasteiger partial charge in [-0.2, -0.15) is 0 Å². The molecule has 2 aliphatic heterocycles. The van der Waals surface area contributed by atoms with Gasteiger partial charge >= 0.3 is 0 Å². The van der Waals surface area contributed by atoms with Crippen molar-refractivity contribution in [3.63, 3.8) is 0 Å². The van der Waals surface area contributed by atoms with Crippen molar-refractivity contribution in [2.75, 3.05) is 44.3 Å². The van der Waals surface area contributed by atoms with E-state index >= 15 is 0 Å². The van der Waals surface area contributed by atoms with Crippen LogP contribution in [-0.4, -0.2) is 49.3 Å². The third-order valence-corrected chi connectivity index (χ3v) is 5.33. The van der Waals surface area contributed by atoms with Gasteiger partial charge in [-0.05, 0) is 50.2 Å². The summed E-state index contributed by atoms with van der Waals surface area (Å²) in [5.74, 6) is 1.06. The lowest BCUT2D eigenvalue weighted by molar-refractivity contribution is 0.0187. The third kappa shape index (κ3) is 3.47. The number of likely N-dealkylation sites (tertiary alicyclic amines) is 1. The van der Waals surface area contributed by atoms with Gasteiger partial charge in [0.25, 0.3) is 0 Å². The number of anilines is 1. The van der Waals surface area contributed by atoms with Crippen molar-refractivity contribution in [1.29, 1.82) is 0 Å². The molecule has 1 spiro atoms. The predicted octanol–water partition coefficient (Wildman–Crippen LogP) is 2.79. The summed E-state index contributed by atoms with van der Waals surface area (Å²) in [6.45, 7) is 6.80. The van der Waals surface area contributed by atoms with Crippen molar-refractivity contribution < 1.29 is 9.15 Å². The Bertz CT molecular complexity index is 621. The fourth-order valence-corrected chi connectivity index (χ4v) is 3.87. The average molecular weight is 327 g/mol. The first-order chi connectivity index (χ1) is 11.8. The highest BCUT2D eigenvalue weighted by molar-refractivity contribution is 5.44. The van der Waals surface area contributed by atoms with Gasteiger partial charge < -0.3 is 14.1 Å². The van der Waals surface area contributed by atoms with Crippen molar-refractivity contribution in [2.24, 2.45) is 5.41 Å². The van der Waals surface area contributed by atoms with Crippen LogP contribution in [0, 0.1) is 5.41 Å². The van der Waals surface area contributed by atoms with Crippen molar-refractivity contribution in [3.8, 4) is 0 Å². The maximum absolute atomic E-state index is 5.98. The maximum Gasteiger partial charge on any atom is 0.117 e. The van der Waals surface area contributed by atoms with Crippen molar-refractivity contribution in [2.45, 2.75) is 19.4 Å². The minimum atomic E-state index is 0.256. The Morgan fingerprint density at radius 3 is 2.79 bits per heavy atom. The van der Waals surface area contributed by atoms with Gasteiger partial charge in [-0.1, -0.05) is 0 Å². The zero-order valence-electron chi connectivity index (χ0n) is 14.1. The molecule has 5 nitrogen and oxygen atoms in total. The van der Waals surface area contributed by atoms with Gasteiger partial charge in [-0.3, -0.25) is 9.88 Å². The molecule has 2 fully saturated rings. The van der Waals surface area contributed by atoms with Crippen LogP contribution in [0.4, 0.5) is 5.69 Å². The molecule has 0 amide bonds. The fraction of sp³-hybridized carbons (Fsp3) is 0.526. The Labute approximate surface area is 143 Å². The van der Waals surface area contributed by atoms with E-state index < -0.39 is 0 Å². The Kier molecular flexibility index (Phi) is 4.54. The molecule has 4 rings (SSSR count). The van der Waals surface area contributed by atoms with E-state index in [9.17, 15) is 0 Å². The number of hydrogen-bond donors (Lipinski definition) is 0. The highest BCUT2D eigenvalue weighted by Crippen LogP contribution is 2.36. The number of piperidine rings is 1. The number of pyridine rings is 1. The first-order valence-corrected chi connectivity index (χ1v) is 8.81. The van der Waals surface area contributed by atoms with E-state index in [1.807, 2.05) is 24.5 Å². The predicted molar refractivity (Wildman–Crippen MR) is 92.9 cm³/mol. The van der Waals surface area contributed by atoms with Gasteiger partial charge in [0, 0.05) is 24.7 Å². The van der Waals surface area contributed by atoms with Crippen LogP contribution < -0.4 is 4.90 Å². The SMILES string of the molecule is c1cncc(N2CCOCC3(CCN(Cc4ccco4)CC3)C2)c1. The number of rotatable bonds is 3. The van der Waals surface area contributed by atoms with Crippen molar-refractivity contribution in [3.05, 3.63) is 48.7 Å². The lowest BCUT2D eigenvalue weighted by Gasteiger charge is -2.42. The van der Waals surface area contributed by atoms with E-state index in [2.05, 4.69) is 26.9 Å². The molecule has 0 N–H and O–H groups in total. The molecule has 2 aromatic heterocycles. The third-order valence-electron chi connectivity index (χ3n) is 5.33. The molecule has 2 aromatic rings. The molecule has 0 bridgehead atoms. The van der Waals surface area contributed by atoms with Crippen LogP contribution >= 0.6 is 0 Å². The molecule has 0 radical (unpaired) electrons. The van der Waals surface area contributed by atoms with E-state index in [4.69, 9.17) is 9.15 Å². The summed E-state index contributed by atoms with van der Waals surface area (Å²) in [4.78, 5) is 9.21. The largest absolute Gasteiger partial charge is 0.468 e. The molecule has 0 unspecified atom stereocenters. The minimum Gasteiger partial charge on any atom is -0.468 e. The number of nitrogens with zero attached hydrogens (tertiary/aromatic N) is 3. The summed E-state index contributed by atoms with van der Waals surface area (Å²) in [5, 5.41) is 0. The highest BCUT2D eigenvalue weighted by Gasteiger charge is 2.38. The molecular weight excluding hydrogens is 302 g/mol. The van der Waals surface area contributed by atoms with Crippen LogP contribution in [0.25, 0.3) is 0 Å². The summed E-state index contributed by atoms with van der Waals surface area (Å²) in [7, 11) is 0. The molecule has 4 heterocycles. The van der Waals surface area contributed by atoms with Gasteiger partial charge in [0.2, 0.25) is 0 Å². The van der Waals surface area contributed by atoms with E-state index in [1.165, 1.54) is 18.5 Å². The normalized spacial score (nSPS) is 21.8. The molecule has 0 saturated carbocycles. The Balaban J connectivity index is 1.41. The fourth-order valence-electron chi connectivity index (χ4n) is 3.87. The summed E-state index contributed by atoms with van der Waals surface area (Å²) >= 11 is 0. The molecule has 0 aromatic carbocycles. The molecule has 128 valence electrons. The molecule has 2 aliphatic rings. The van der Waals surface area contributed by atoms with Crippen LogP contribution in [0.3, 0.4) is 0 Å². The molecule has 0 atom stereocenters. The van der Waals surface area contributed by atoms with E-state index in [1.54, 1.807) is 6.26 Å². The lowest BCUT2D eigenvalue weighted by Crippen LogP contribution is -2.47. The maximum atomic E-state index is 5.98. The quantitative estimate of drug-likeness (QED) is 0.867. The number of aromatic nitrogens is 1. The van der Waals surface area contributed by atoms with Gasteiger partial charge in [0.15, 0.2) is 0 Å². The van der Waals surface area contributed by atoms with Crippen LogP contribution in [0.2, 0.25) is 0 Å². The van der Waals surface area contributed by atoms with Crippen LogP contribution in [0.5, 0.6) is 0 Å². The topological polar surface area (TPSA) is 41.7 Å². The average Bonchev–Trinajstić information content (AvgIpc) is 3.05. The van der Waals surface area contributed by atoms with Crippen molar-refractivity contribution in [1.82, 2.24) is 9.88 Å². The first kappa shape index (κ1) is 15.7. The second kappa shape index (κ2) is 6.95. The van der Waals surface area contributed by atoms with Gasteiger partial charge in [0.05, 0.1) is 37.9 Å². The zero-order chi connectivity index (χ0) is 16.2. The molecule has 2 saturated heterocycles. The number of ether oxygens (including phenoxy) is 1. The zero-order valence-corrected chi connectivity index (χ0v) is 14.1. The Morgan fingerprint density at radius 1 is 1.12 bits per heavy atom. The summed E-state index contributed by atoms with van der Waals surface area (Å²) in [6.07, 6.45) is 7.90. The monoisotopic (exact) mass is 327 g/mol. The second-order valence-electron chi connectivity index (χ2n) is 7.04. The minimum absolute atomic E-state index is 0.256. The van der Waals surface area contributed by atoms with E-state index in [-0.39, 0.29) is 5.41 Å². The molecule has 24 heavy (non-hydrogen) atoms. The molecule has 0 aliphatic carbocycles. The summed E-state index contributed by atoms with van der Waals surface area (Å²) in [5.41, 5.74) is 1.46. The second-order valence-corrected chi connectivity index (χ2v) is 7.04. The van der Waals surface area contributed by atoms with Crippen LogP contribution in [0.15, 0.2) is 47.3 Å². The standard InChI is InChI=1S/C19H25N3O2/c1-3-17(13-20-7-1)22-10-12-23-16-19(15-22)5-8-21(9-6-19)14-18-4-2-11-24-18/h1-4,7,11,13H,5-6,8-10,12,14-16H2. The van der Waals surface area contributed by atoms with Gasteiger partial charge in [0.1, 0.15) is 5.76 Å².